The van der Waals surface area contributed by atoms with E-state index in [-0.39, 0.29) is 35.3 Å². The highest BCUT2D eigenvalue weighted by molar-refractivity contribution is 7.84. The number of pyridine rings is 1. The van der Waals surface area contributed by atoms with Crippen molar-refractivity contribution in [3.63, 3.8) is 0 Å². The van der Waals surface area contributed by atoms with Gasteiger partial charge in [-0.2, -0.15) is 0 Å². The van der Waals surface area contributed by atoms with E-state index < -0.39 is 123 Å². The molecule has 11 atom stereocenters. The first-order chi connectivity index (χ1) is 34.7. The maximum Gasteiger partial charge on any atom is 0.338 e. The number of ether oxygens (including phenoxy) is 5. The molecule has 0 unspecified atom stereocenters. The highest BCUT2D eigenvalue weighted by Crippen LogP contribution is 2.64. The predicted molar refractivity (Wildman–Crippen MR) is 261 cm³/mol. The van der Waals surface area contributed by atoms with Crippen LogP contribution in [0.25, 0.3) is 0 Å². The smallest absolute Gasteiger partial charge is 0.338 e. The van der Waals surface area contributed by atoms with Crippen LogP contribution in [-0.2, 0) is 60.0 Å². The average Bonchev–Trinajstić information content (AvgIpc) is 3.34. The fourth-order valence-corrected chi connectivity index (χ4v) is 10.7. The Labute approximate surface area is 429 Å². The Morgan fingerprint density at radius 3 is 1.84 bits per heavy atom. The number of benzene rings is 3. The number of hydrogen-bond donors (Lipinski definition) is 4. The van der Waals surface area contributed by atoms with Gasteiger partial charge < -0.3 is 48.9 Å². The van der Waals surface area contributed by atoms with Crippen molar-refractivity contribution in [1.29, 1.82) is 0 Å². The van der Waals surface area contributed by atoms with Crippen molar-refractivity contribution < 1.29 is 85.3 Å². The number of rotatable bonds is 10. The third-order valence-corrected chi connectivity index (χ3v) is 14.3. The molecule has 1 aromatic heterocycles. The second kappa shape index (κ2) is 22.4. The molecular formula is C54H62N2O17S. The summed E-state index contributed by atoms with van der Waals surface area (Å²) >= 11 is 0. The third kappa shape index (κ3) is 11.6. The van der Waals surface area contributed by atoms with E-state index in [1.165, 1.54) is 26.0 Å². The molecule has 2 bridgehead atoms. The van der Waals surface area contributed by atoms with Crippen molar-refractivity contribution in [3.8, 4) is 0 Å². The summed E-state index contributed by atoms with van der Waals surface area (Å²) < 4.78 is 59.5. The number of hydrogen-bond acceptors (Lipinski definition) is 17. The lowest BCUT2D eigenvalue weighted by atomic mass is 9.44. The molecule has 0 radical (unpaired) electrons. The minimum Gasteiger partial charge on any atom is -0.748 e. The molecule has 3 aromatic carbocycles. The van der Waals surface area contributed by atoms with Crippen LogP contribution in [-0.4, -0.2) is 125 Å². The van der Waals surface area contributed by atoms with Crippen molar-refractivity contribution in [1.82, 2.24) is 5.32 Å². The van der Waals surface area contributed by atoms with Gasteiger partial charge in [0.05, 0.1) is 45.8 Å². The molecular weight excluding hydrogens is 981 g/mol. The molecule has 1 saturated heterocycles. The lowest BCUT2D eigenvalue weighted by Crippen LogP contribution is -2.82. The Hall–Kier alpha value is -6.68. The fourth-order valence-electron chi connectivity index (χ4n) is 10.7. The summed E-state index contributed by atoms with van der Waals surface area (Å²) in [5.41, 5.74) is -7.02. The monoisotopic (exact) mass is 1040 g/mol. The zero-order valence-corrected chi connectivity index (χ0v) is 43.0. The molecule has 4 aromatic rings. The van der Waals surface area contributed by atoms with Crippen LogP contribution >= 0.6 is 0 Å². The summed E-state index contributed by atoms with van der Waals surface area (Å²) in [6.45, 7) is 7.97. The molecule has 4 aliphatic rings. The first kappa shape index (κ1) is 56.6. The van der Waals surface area contributed by atoms with Gasteiger partial charge in [0.2, 0.25) is 0 Å². The van der Waals surface area contributed by atoms with Gasteiger partial charge in [0, 0.05) is 56.1 Å². The third-order valence-electron chi connectivity index (χ3n) is 14.3. The summed E-state index contributed by atoms with van der Waals surface area (Å²) in [6, 6.07) is 28.9. The van der Waals surface area contributed by atoms with E-state index in [4.69, 9.17) is 36.7 Å². The summed E-state index contributed by atoms with van der Waals surface area (Å²) in [6.07, 6.45) is -5.91. The van der Waals surface area contributed by atoms with Gasteiger partial charge in [0.1, 0.15) is 31.0 Å². The molecule has 0 spiro atoms. The number of nitrogens with zero attached hydrogens (tertiary/aromatic N) is 1. The zero-order chi connectivity index (χ0) is 54.6. The van der Waals surface area contributed by atoms with Crippen LogP contribution in [0.15, 0.2) is 133 Å². The summed E-state index contributed by atoms with van der Waals surface area (Å²) in [5, 5.41) is 40.2. The van der Waals surface area contributed by atoms with Crippen molar-refractivity contribution in [3.05, 3.63) is 149 Å². The van der Waals surface area contributed by atoms with E-state index in [2.05, 4.69) is 5.32 Å². The van der Waals surface area contributed by atoms with E-state index in [0.29, 0.717) is 11.8 Å². The molecule has 8 rings (SSSR count). The van der Waals surface area contributed by atoms with E-state index in [0.717, 1.165) is 13.8 Å². The van der Waals surface area contributed by atoms with Crippen LogP contribution in [0.1, 0.15) is 86.7 Å². The lowest BCUT2D eigenvalue weighted by Gasteiger charge is -2.67. The number of esters is 4. The van der Waals surface area contributed by atoms with Crippen molar-refractivity contribution >= 4 is 45.7 Å². The Kier molecular flexibility index (Phi) is 17.2. The molecule has 19 nitrogen and oxygen atoms in total. The second-order valence-electron chi connectivity index (χ2n) is 19.6. The topological polar surface area (TPSA) is 282 Å². The summed E-state index contributed by atoms with van der Waals surface area (Å²) in [7, 11) is -1.92. The summed E-state index contributed by atoms with van der Waals surface area (Å²) in [4.78, 5) is 83.5. The zero-order valence-electron chi connectivity index (χ0n) is 42.2. The van der Waals surface area contributed by atoms with Gasteiger partial charge in [-0.15, -0.1) is 0 Å². The van der Waals surface area contributed by atoms with Gasteiger partial charge in [-0.3, -0.25) is 19.2 Å². The number of ketones is 1. The molecule has 20 heteroatoms. The highest BCUT2D eigenvalue weighted by atomic mass is 32.2. The molecule has 74 heavy (non-hydrogen) atoms. The SMILES string of the molecule is CC(=O)O[C@H]1C(=O)[C@@]2(C)[C@H]([C@H](OC(=O)c3ccccc3)[C@]3(O)C[C@H](OC(=O)[C@H](O)[C@@H](NC(=O)c4ccccc4)c4ccccc4)C(C)=C1C3(C)C)[C@]1(OC(C)=O)CO[C@@H]1C[C@@H]2O.CS(=O)(=O)[O-].C[n+]1ccccc1. The normalized spacial score (nSPS) is 28.3. The minimum absolute atomic E-state index is 0.00289. The highest BCUT2D eigenvalue weighted by Gasteiger charge is 2.78. The van der Waals surface area contributed by atoms with Crippen LogP contribution < -0.4 is 9.88 Å². The standard InChI is InChI=1S/C47H51NO14.C6H8N.CH4O3S/c1-25-31(60-43(56)36(52)35(28-16-10-7-11-17-28)48-41(54)29-18-12-8-13-19-29)23-47(57)40(61-42(55)30-20-14-9-15-21-30)38-45(6,32(51)22-33-46(38,24-58-33)62-27(3)50)39(53)37(59-26(2)49)34(25)44(47,4)5;1-7-5-3-2-4-6-7;1-5(2,3)4/h7-21,31-33,35-38,40,51-52,57H,22-24H2,1-6H3,(H,48,54);2-6H,1H3;1H3,(H,2,3,4)/q;+1;/p-1/t31-,32-,33+,35-,36+,37+,38-,40-,45+,46-,47+;;/m0../s1. The predicted octanol–water partition coefficient (Wildman–Crippen LogP) is 3.41. The van der Waals surface area contributed by atoms with Gasteiger partial charge in [-0.05, 0) is 54.8 Å². The molecule has 2 saturated carbocycles. The minimum atomic E-state index is -3.92. The number of carbonyl (C=O) groups excluding carboxylic acids is 6. The van der Waals surface area contributed by atoms with Crippen LogP contribution in [0.5, 0.6) is 0 Å². The fraction of sp³-hybridized carbons (Fsp3) is 0.426. The quantitative estimate of drug-likeness (QED) is 0.0582. The molecule has 3 aliphatic carbocycles. The first-order valence-corrected chi connectivity index (χ1v) is 25.5. The van der Waals surface area contributed by atoms with Gasteiger partial charge in [0.15, 0.2) is 36.0 Å². The lowest BCUT2D eigenvalue weighted by molar-refractivity contribution is -0.671. The number of Topliss-reactive ketones (excluding diaryl/α,β-unsaturated/α-hetero) is 1. The van der Waals surface area contributed by atoms with Crippen LogP contribution in [0.4, 0.5) is 0 Å². The van der Waals surface area contributed by atoms with Crippen molar-refractivity contribution in [2.24, 2.45) is 23.8 Å². The molecule has 396 valence electrons. The summed E-state index contributed by atoms with van der Waals surface area (Å²) in [5.74, 6) is -6.84. The van der Waals surface area contributed by atoms with Crippen molar-refractivity contribution in [2.45, 2.75) is 108 Å². The number of fused-ring (bicyclic) bond motifs is 5. The van der Waals surface area contributed by atoms with Crippen LogP contribution in [0.2, 0.25) is 0 Å². The number of amides is 1. The van der Waals surface area contributed by atoms with Crippen molar-refractivity contribution in [2.75, 3.05) is 12.9 Å². The van der Waals surface area contributed by atoms with E-state index in [1.807, 2.05) is 42.2 Å². The Bertz CT molecular complexity index is 2840. The Balaban J connectivity index is 0.000000658. The first-order valence-electron chi connectivity index (χ1n) is 23.7. The van der Waals surface area contributed by atoms with Gasteiger partial charge >= 0.3 is 23.9 Å². The number of aryl methyl sites for hydroxylation is 1. The number of aromatic nitrogens is 1. The second-order valence-corrected chi connectivity index (χ2v) is 21.0. The average molecular weight is 1040 g/mol. The number of aliphatic hydroxyl groups is 3. The maximum absolute atomic E-state index is 15.5. The molecule has 3 fully saturated rings. The molecule has 1 aliphatic heterocycles. The molecule has 1 amide bonds. The van der Waals surface area contributed by atoms with Crippen LogP contribution in [0.3, 0.4) is 0 Å². The molecule has 2 heterocycles. The van der Waals surface area contributed by atoms with E-state index in [1.54, 1.807) is 92.7 Å². The Morgan fingerprint density at radius 2 is 1.35 bits per heavy atom. The largest absolute Gasteiger partial charge is 0.748 e. The van der Waals surface area contributed by atoms with Gasteiger partial charge in [-0.25, -0.2) is 22.6 Å². The number of nitrogens with one attached hydrogen (secondary N) is 1. The van der Waals surface area contributed by atoms with E-state index in [9.17, 15) is 39.3 Å². The molecule has 4 N–H and O–H groups in total. The Morgan fingerprint density at radius 1 is 0.824 bits per heavy atom. The van der Waals surface area contributed by atoms with Crippen LogP contribution in [0, 0.1) is 16.7 Å². The van der Waals surface area contributed by atoms with Gasteiger partial charge in [0.25, 0.3) is 5.91 Å². The number of aliphatic hydroxyl groups excluding tert-OH is 2. The van der Waals surface area contributed by atoms with E-state index >= 15 is 4.79 Å². The maximum atomic E-state index is 15.5. The number of carbonyl (C=O) groups is 6. The van der Waals surface area contributed by atoms with Gasteiger partial charge in [-0.1, -0.05) is 86.6 Å².